The van der Waals surface area contributed by atoms with Gasteiger partial charge in [-0.05, 0) is 83.2 Å². The first-order valence-corrected chi connectivity index (χ1v) is 15.2. The van der Waals surface area contributed by atoms with Crippen molar-refractivity contribution in [2.45, 2.75) is 22.5 Å². The second-order valence-corrected chi connectivity index (χ2v) is 12.8. The van der Waals surface area contributed by atoms with E-state index in [2.05, 4.69) is 143 Å². The Bertz CT molecular complexity index is 792. The molecule has 2 rings (SSSR count). The normalized spacial score (nSPS) is 14.3. The van der Waals surface area contributed by atoms with Gasteiger partial charge in [-0.3, -0.25) is 0 Å². The minimum absolute atomic E-state index is 0.208. The summed E-state index contributed by atoms with van der Waals surface area (Å²) in [5, 5.41) is 1.67. The standard InChI is InChI=1S/C20H19Br7O2/c1-11(12-2-3-19(16(25)4-12)28-9-14(23)7-21)13-5-17(26)20(18(27)6-13)29-10-15(24)8-22/h2-6,11,14-15H,7-10H2,1H3. The van der Waals surface area contributed by atoms with Gasteiger partial charge in [0.05, 0.1) is 23.1 Å². The van der Waals surface area contributed by atoms with E-state index >= 15 is 0 Å². The topological polar surface area (TPSA) is 18.5 Å². The van der Waals surface area contributed by atoms with Gasteiger partial charge in [0.25, 0.3) is 0 Å². The molecule has 0 aromatic heterocycles. The molecule has 0 N–H and O–H groups in total. The summed E-state index contributed by atoms with van der Waals surface area (Å²) in [4.78, 5) is 0.533. The molecule has 0 radical (unpaired) electrons. The molecule has 2 nitrogen and oxygen atoms in total. The van der Waals surface area contributed by atoms with Gasteiger partial charge < -0.3 is 9.47 Å². The van der Waals surface area contributed by atoms with E-state index in [0.29, 0.717) is 13.2 Å². The van der Waals surface area contributed by atoms with E-state index in [4.69, 9.17) is 9.47 Å². The zero-order chi connectivity index (χ0) is 21.6. The quantitative estimate of drug-likeness (QED) is 0.222. The molecule has 0 heterocycles. The fourth-order valence-electron chi connectivity index (χ4n) is 2.51. The highest BCUT2D eigenvalue weighted by Crippen LogP contribution is 2.39. The van der Waals surface area contributed by atoms with Crippen LogP contribution in [0.2, 0.25) is 0 Å². The number of hydrogen-bond donors (Lipinski definition) is 0. The molecule has 0 spiro atoms. The van der Waals surface area contributed by atoms with Gasteiger partial charge in [0, 0.05) is 16.6 Å². The second-order valence-electron chi connectivity index (χ2n) is 6.35. The van der Waals surface area contributed by atoms with E-state index in [0.717, 1.165) is 35.6 Å². The molecular weight excluding hydrogens is 832 g/mol. The lowest BCUT2D eigenvalue weighted by atomic mass is 9.93. The maximum Gasteiger partial charge on any atom is 0.147 e. The summed E-state index contributed by atoms with van der Waals surface area (Å²) >= 11 is 25.0. The SMILES string of the molecule is CC(c1ccc(OCC(Br)CBr)c(Br)c1)c1cc(Br)c(OCC(Br)CBr)c(Br)c1. The van der Waals surface area contributed by atoms with E-state index in [1.54, 1.807) is 0 Å². The highest BCUT2D eigenvalue weighted by atomic mass is 79.9. The van der Waals surface area contributed by atoms with E-state index < -0.39 is 0 Å². The predicted octanol–water partition coefficient (Wildman–Crippen LogP) is 9.20. The van der Waals surface area contributed by atoms with Crippen molar-refractivity contribution in [3.8, 4) is 11.5 Å². The molecule has 0 aliphatic heterocycles. The maximum absolute atomic E-state index is 5.95. The van der Waals surface area contributed by atoms with Crippen LogP contribution in [0.5, 0.6) is 11.5 Å². The van der Waals surface area contributed by atoms with E-state index in [9.17, 15) is 0 Å². The first-order valence-electron chi connectivity index (χ1n) is 8.70. The second kappa shape index (κ2) is 13.2. The third-order valence-corrected chi connectivity index (χ3v) is 10.4. The van der Waals surface area contributed by atoms with E-state index in [-0.39, 0.29) is 15.6 Å². The Morgan fingerprint density at radius 2 is 1.28 bits per heavy atom. The van der Waals surface area contributed by atoms with E-state index in [1.807, 2.05) is 6.07 Å². The molecule has 0 fully saturated rings. The fourth-order valence-corrected chi connectivity index (χ4v) is 5.11. The number of hydrogen-bond acceptors (Lipinski definition) is 2. The van der Waals surface area contributed by atoms with Gasteiger partial charge in [-0.1, -0.05) is 76.7 Å². The van der Waals surface area contributed by atoms with Gasteiger partial charge in [0.15, 0.2) is 0 Å². The molecular formula is C20H19Br7O2. The lowest BCUT2D eigenvalue weighted by molar-refractivity contribution is 0.321. The Labute approximate surface area is 231 Å². The molecule has 0 aliphatic carbocycles. The molecule has 0 saturated carbocycles. The van der Waals surface area contributed by atoms with Crippen LogP contribution in [-0.4, -0.2) is 33.5 Å². The van der Waals surface area contributed by atoms with Crippen molar-refractivity contribution in [2.24, 2.45) is 0 Å². The minimum atomic E-state index is 0.208. The van der Waals surface area contributed by atoms with E-state index in [1.165, 1.54) is 11.1 Å². The van der Waals surface area contributed by atoms with Crippen molar-refractivity contribution in [1.82, 2.24) is 0 Å². The first kappa shape index (κ1) is 26.7. The van der Waals surface area contributed by atoms with Gasteiger partial charge in [0.2, 0.25) is 0 Å². The zero-order valence-corrected chi connectivity index (χ0v) is 26.5. The Balaban J connectivity index is 2.17. The predicted molar refractivity (Wildman–Crippen MR) is 148 cm³/mol. The molecule has 0 saturated heterocycles. The molecule has 29 heavy (non-hydrogen) atoms. The molecule has 0 aliphatic rings. The van der Waals surface area contributed by atoms with Crippen LogP contribution in [0.4, 0.5) is 0 Å². The molecule has 0 bridgehead atoms. The molecule has 160 valence electrons. The number of benzene rings is 2. The summed E-state index contributed by atoms with van der Waals surface area (Å²) in [6, 6.07) is 10.5. The van der Waals surface area contributed by atoms with Crippen LogP contribution in [0.25, 0.3) is 0 Å². The Hall–Kier alpha value is 1.40. The largest absolute Gasteiger partial charge is 0.491 e. The number of ether oxygens (including phenoxy) is 2. The zero-order valence-electron chi connectivity index (χ0n) is 15.4. The van der Waals surface area contributed by atoms with Crippen LogP contribution in [0.3, 0.4) is 0 Å². The van der Waals surface area contributed by atoms with Gasteiger partial charge in [-0.2, -0.15) is 0 Å². The van der Waals surface area contributed by atoms with Crippen LogP contribution in [0.15, 0.2) is 43.7 Å². The first-order chi connectivity index (χ1) is 13.8. The third kappa shape index (κ3) is 8.04. The summed E-state index contributed by atoms with van der Waals surface area (Å²) in [5.41, 5.74) is 2.39. The molecule has 0 amide bonds. The van der Waals surface area contributed by atoms with Gasteiger partial charge in [0.1, 0.15) is 24.7 Å². The van der Waals surface area contributed by atoms with Crippen molar-refractivity contribution >= 4 is 112 Å². The van der Waals surface area contributed by atoms with Crippen LogP contribution in [0.1, 0.15) is 24.0 Å². The highest BCUT2D eigenvalue weighted by Gasteiger charge is 2.17. The van der Waals surface area contributed by atoms with Crippen LogP contribution >= 0.6 is 112 Å². The summed E-state index contributed by atoms with van der Waals surface area (Å²) in [7, 11) is 0. The smallest absolute Gasteiger partial charge is 0.147 e. The van der Waals surface area contributed by atoms with Crippen LogP contribution in [-0.2, 0) is 0 Å². The molecule has 2 aromatic rings. The number of halogens is 7. The molecule has 2 aromatic carbocycles. The van der Waals surface area contributed by atoms with Crippen molar-refractivity contribution in [3.63, 3.8) is 0 Å². The number of rotatable bonds is 10. The molecule has 3 unspecified atom stereocenters. The molecule has 3 atom stereocenters. The third-order valence-electron chi connectivity index (χ3n) is 4.14. The Morgan fingerprint density at radius 3 is 1.79 bits per heavy atom. The number of alkyl halides is 4. The highest BCUT2D eigenvalue weighted by molar-refractivity contribution is 9.12. The average molecular weight is 851 g/mol. The fraction of sp³-hybridized carbons (Fsp3) is 0.400. The monoisotopic (exact) mass is 844 g/mol. The van der Waals surface area contributed by atoms with Crippen molar-refractivity contribution < 1.29 is 9.47 Å². The summed E-state index contributed by atoms with van der Waals surface area (Å²) < 4.78 is 14.6. The lowest BCUT2D eigenvalue weighted by Gasteiger charge is -2.18. The minimum Gasteiger partial charge on any atom is -0.491 e. The summed E-state index contributed by atoms with van der Waals surface area (Å²) in [6.45, 7) is 3.37. The lowest BCUT2D eigenvalue weighted by Crippen LogP contribution is -2.13. The Kier molecular flexibility index (Phi) is 12.1. The Morgan fingerprint density at radius 1 is 0.759 bits per heavy atom. The van der Waals surface area contributed by atoms with Crippen molar-refractivity contribution in [1.29, 1.82) is 0 Å². The van der Waals surface area contributed by atoms with Gasteiger partial charge in [-0.15, -0.1) is 0 Å². The summed E-state index contributed by atoms with van der Waals surface area (Å²) in [5.74, 6) is 1.86. The average Bonchev–Trinajstić information content (AvgIpc) is 2.70. The molecule has 9 heteroatoms. The van der Waals surface area contributed by atoms with Crippen molar-refractivity contribution in [2.75, 3.05) is 23.9 Å². The van der Waals surface area contributed by atoms with Crippen molar-refractivity contribution in [3.05, 3.63) is 54.9 Å². The van der Waals surface area contributed by atoms with Crippen LogP contribution in [0, 0.1) is 0 Å². The van der Waals surface area contributed by atoms with Gasteiger partial charge >= 0.3 is 0 Å². The maximum atomic E-state index is 5.95. The van der Waals surface area contributed by atoms with Crippen LogP contribution < -0.4 is 9.47 Å². The summed E-state index contributed by atoms with van der Waals surface area (Å²) in [6.07, 6.45) is 0. The van der Waals surface area contributed by atoms with Gasteiger partial charge in [-0.25, -0.2) is 0 Å².